The van der Waals surface area contributed by atoms with Gasteiger partial charge in [0.25, 0.3) is 5.91 Å². The van der Waals surface area contributed by atoms with Gasteiger partial charge in [-0.1, -0.05) is 11.6 Å². The number of nitrogens with two attached hydrogens (primary N) is 1. The molecule has 1 aromatic carbocycles. The Balaban J connectivity index is 2.01. The van der Waals surface area contributed by atoms with Crippen molar-refractivity contribution in [3.63, 3.8) is 0 Å². The molecule has 0 bridgehead atoms. The molecule has 3 N–H and O–H groups in total. The van der Waals surface area contributed by atoms with Gasteiger partial charge < -0.3 is 19.8 Å². The number of halogens is 1. The van der Waals surface area contributed by atoms with E-state index in [1.54, 1.807) is 31.6 Å². The van der Waals surface area contributed by atoms with E-state index in [1.807, 2.05) is 31.3 Å². The van der Waals surface area contributed by atoms with Crippen LogP contribution in [0.15, 0.2) is 41.0 Å². The summed E-state index contributed by atoms with van der Waals surface area (Å²) in [6, 6.07) is 8.59. The lowest BCUT2D eigenvalue weighted by Crippen LogP contribution is -2.91. The molecule has 0 saturated carbocycles. The highest BCUT2D eigenvalue weighted by molar-refractivity contribution is 6.31. The van der Waals surface area contributed by atoms with Gasteiger partial charge in [-0.15, -0.1) is 0 Å². The highest BCUT2D eigenvalue weighted by Gasteiger charge is 2.22. The summed E-state index contributed by atoms with van der Waals surface area (Å²) in [4.78, 5) is 12.3. The summed E-state index contributed by atoms with van der Waals surface area (Å²) in [6.45, 7) is 3.83. The fraction of sp³-hybridized carbons (Fsp3) is 0.312. The monoisotopic (exact) mass is 323 g/mol. The van der Waals surface area contributed by atoms with Crippen LogP contribution in [0.3, 0.4) is 0 Å². The molecule has 5 nitrogen and oxygen atoms in total. The number of nitrogens with one attached hydrogen (secondary N) is 1. The second kappa shape index (κ2) is 7.33. The van der Waals surface area contributed by atoms with Gasteiger partial charge >= 0.3 is 0 Å². The number of hydrogen-bond acceptors (Lipinski definition) is 3. The third-order valence-electron chi connectivity index (χ3n) is 3.40. The number of benzene rings is 1. The number of methoxy groups -OCH3 is 1. The van der Waals surface area contributed by atoms with Gasteiger partial charge in [-0.2, -0.15) is 0 Å². The van der Waals surface area contributed by atoms with Gasteiger partial charge in [0.1, 0.15) is 11.8 Å². The van der Waals surface area contributed by atoms with Crippen molar-refractivity contribution in [1.82, 2.24) is 0 Å². The van der Waals surface area contributed by atoms with Gasteiger partial charge in [-0.25, -0.2) is 0 Å². The van der Waals surface area contributed by atoms with Crippen LogP contribution >= 0.6 is 11.6 Å². The van der Waals surface area contributed by atoms with E-state index in [0.717, 1.165) is 5.76 Å². The van der Waals surface area contributed by atoms with E-state index < -0.39 is 0 Å². The molecule has 0 unspecified atom stereocenters. The Kier molecular flexibility index (Phi) is 5.46. The Labute approximate surface area is 134 Å². The molecule has 0 aliphatic rings. The Morgan fingerprint density at radius 1 is 1.36 bits per heavy atom. The Hall–Kier alpha value is -1.98. The van der Waals surface area contributed by atoms with Crippen LogP contribution in [0.2, 0.25) is 5.02 Å². The first kappa shape index (κ1) is 16.4. The normalized spacial score (nSPS) is 13.5. The Bertz CT molecular complexity index is 628. The van der Waals surface area contributed by atoms with Crippen molar-refractivity contribution in [3.05, 3.63) is 47.4 Å². The molecular weight excluding hydrogens is 304 g/mol. The number of quaternary nitrogens is 1. The van der Waals surface area contributed by atoms with Gasteiger partial charge in [0, 0.05) is 5.02 Å². The smallest absolute Gasteiger partial charge is 0.282 e. The van der Waals surface area contributed by atoms with Crippen LogP contribution in [0.25, 0.3) is 0 Å². The van der Waals surface area contributed by atoms with Crippen LogP contribution in [-0.4, -0.2) is 19.1 Å². The summed E-state index contributed by atoms with van der Waals surface area (Å²) in [7, 11) is 1.55. The molecule has 2 aromatic rings. The fourth-order valence-corrected chi connectivity index (χ4v) is 2.36. The Morgan fingerprint density at radius 2 is 2.14 bits per heavy atom. The molecule has 2 atom stereocenters. The molecule has 118 valence electrons. The molecule has 0 saturated heterocycles. The van der Waals surface area contributed by atoms with Crippen molar-refractivity contribution >= 4 is 23.2 Å². The second-order valence-corrected chi connectivity index (χ2v) is 5.56. The van der Waals surface area contributed by atoms with Crippen LogP contribution in [0, 0.1) is 0 Å². The van der Waals surface area contributed by atoms with E-state index in [-0.39, 0.29) is 18.0 Å². The molecular formula is C16H20ClN2O3+. The quantitative estimate of drug-likeness (QED) is 0.858. The number of carbonyl (C=O) groups is 1. The van der Waals surface area contributed by atoms with E-state index in [0.29, 0.717) is 16.5 Å². The van der Waals surface area contributed by atoms with E-state index in [2.05, 4.69) is 5.32 Å². The molecule has 0 spiro atoms. The SMILES string of the molecule is COc1ccc(Cl)cc1NC(=O)[C@H](C)[NH2+][C@@H](C)c1ccco1. The maximum atomic E-state index is 12.3. The summed E-state index contributed by atoms with van der Waals surface area (Å²) >= 11 is 5.96. The molecule has 22 heavy (non-hydrogen) atoms. The third-order valence-corrected chi connectivity index (χ3v) is 3.64. The number of ether oxygens (including phenoxy) is 1. The number of hydrogen-bond donors (Lipinski definition) is 2. The molecule has 2 rings (SSSR count). The summed E-state index contributed by atoms with van der Waals surface area (Å²) in [6.07, 6.45) is 1.63. The zero-order valence-electron chi connectivity index (χ0n) is 12.8. The summed E-state index contributed by atoms with van der Waals surface area (Å²) in [5.41, 5.74) is 0.561. The molecule has 1 aromatic heterocycles. The minimum atomic E-state index is -0.288. The highest BCUT2D eigenvalue weighted by Crippen LogP contribution is 2.27. The molecule has 0 radical (unpaired) electrons. The lowest BCUT2D eigenvalue weighted by atomic mass is 10.2. The van der Waals surface area contributed by atoms with Crippen LogP contribution in [0.4, 0.5) is 5.69 Å². The molecule has 1 amide bonds. The first-order valence-corrected chi connectivity index (χ1v) is 7.42. The zero-order chi connectivity index (χ0) is 16.1. The molecule has 0 aliphatic carbocycles. The second-order valence-electron chi connectivity index (χ2n) is 5.12. The predicted octanol–water partition coefficient (Wildman–Crippen LogP) is 2.59. The average Bonchev–Trinajstić information content (AvgIpc) is 3.01. The summed E-state index contributed by atoms with van der Waals surface area (Å²) in [5.74, 6) is 1.28. The van der Waals surface area contributed by atoms with Gasteiger partial charge in [0.2, 0.25) is 0 Å². The minimum Gasteiger partial charge on any atom is -0.495 e. The average molecular weight is 324 g/mol. The number of rotatable bonds is 6. The molecule has 6 heteroatoms. The third kappa shape index (κ3) is 4.02. The molecule has 0 aliphatic heterocycles. The summed E-state index contributed by atoms with van der Waals surface area (Å²) in [5, 5.41) is 5.32. The summed E-state index contributed by atoms with van der Waals surface area (Å²) < 4.78 is 10.6. The molecule has 0 fully saturated rings. The number of amides is 1. The number of furan rings is 1. The number of anilines is 1. The van der Waals surface area contributed by atoms with Crippen LogP contribution in [0.1, 0.15) is 25.6 Å². The predicted molar refractivity (Wildman–Crippen MR) is 85.1 cm³/mol. The van der Waals surface area contributed by atoms with Crippen molar-refractivity contribution in [2.45, 2.75) is 25.9 Å². The lowest BCUT2D eigenvalue weighted by Gasteiger charge is -2.16. The maximum Gasteiger partial charge on any atom is 0.282 e. The van der Waals surface area contributed by atoms with Crippen molar-refractivity contribution in [1.29, 1.82) is 0 Å². The zero-order valence-corrected chi connectivity index (χ0v) is 13.6. The minimum absolute atomic E-state index is 0.0528. The Morgan fingerprint density at radius 3 is 2.77 bits per heavy atom. The van der Waals surface area contributed by atoms with Gasteiger partial charge in [0.15, 0.2) is 11.8 Å². The van der Waals surface area contributed by atoms with Crippen molar-refractivity contribution < 1.29 is 19.3 Å². The highest BCUT2D eigenvalue weighted by atomic mass is 35.5. The van der Waals surface area contributed by atoms with Gasteiger partial charge in [-0.05, 0) is 44.2 Å². The van der Waals surface area contributed by atoms with Gasteiger partial charge in [0.05, 0.1) is 19.1 Å². The van der Waals surface area contributed by atoms with E-state index in [9.17, 15) is 4.79 Å². The van der Waals surface area contributed by atoms with Gasteiger partial charge in [-0.3, -0.25) is 4.79 Å². The number of carbonyl (C=O) groups excluding carboxylic acids is 1. The van der Waals surface area contributed by atoms with Crippen LogP contribution < -0.4 is 15.4 Å². The molecule has 1 heterocycles. The standard InChI is InChI=1S/C16H19ClN2O3/c1-10(14-5-4-8-22-14)18-11(2)16(20)19-13-9-12(17)6-7-15(13)21-3/h4-11,18H,1-3H3,(H,19,20)/p+1/t10-,11-/m0/s1. The largest absolute Gasteiger partial charge is 0.495 e. The van der Waals surface area contributed by atoms with E-state index in [1.165, 1.54) is 0 Å². The van der Waals surface area contributed by atoms with E-state index in [4.69, 9.17) is 20.8 Å². The van der Waals surface area contributed by atoms with E-state index >= 15 is 0 Å². The topological polar surface area (TPSA) is 68.1 Å². The van der Waals surface area contributed by atoms with Crippen molar-refractivity contribution in [3.8, 4) is 5.75 Å². The fourth-order valence-electron chi connectivity index (χ4n) is 2.19. The first-order valence-electron chi connectivity index (χ1n) is 7.04. The van der Waals surface area contributed by atoms with Crippen molar-refractivity contribution in [2.24, 2.45) is 0 Å². The van der Waals surface area contributed by atoms with Crippen LogP contribution in [0.5, 0.6) is 5.75 Å². The van der Waals surface area contributed by atoms with Crippen LogP contribution in [-0.2, 0) is 4.79 Å². The lowest BCUT2D eigenvalue weighted by molar-refractivity contribution is -0.711. The van der Waals surface area contributed by atoms with Crippen molar-refractivity contribution in [2.75, 3.05) is 12.4 Å². The maximum absolute atomic E-state index is 12.3. The first-order chi connectivity index (χ1) is 10.5.